The summed E-state index contributed by atoms with van der Waals surface area (Å²) in [4.78, 5) is 27.1. The van der Waals surface area contributed by atoms with Crippen LogP contribution in [0.3, 0.4) is 0 Å². The topological polar surface area (TPSA) is 86.8 Å². The van der Waals surface area contributed by atoms with E-state index in [2.05, 4.69) is 5.32 Å². The van der Waals surface area contributed by atoms with Crippen LogP contribution in [0.15, 0.2) is 42.5 Å². The van der Waals surface area contributed by atoms with Crippen LogP contribution in [0.2, 0.25) is 5.02 Å². The number of nitrogens with one attached hydrogen (secondary N) is 1. The van der Waals surface area contributed by atoms with Crippen LogP contribution in [0.1, 0.15) is 31.9 Å². The zero-order valence-electron chi connectivity index (χ0n) is 20.6. The zero-order chi connectivity index (χ0) is 28.1. The largest absolute Gasteiger partial charge is 0.417 e. The molecular formula is C24H28ClF4N3O4S. The van der Waals surface area contributed by atoms with Crippen LogP contribution in [0.4, 0.5) is 23.2 Å². The molecular weight excluding hydrogens is 538 g/mol. The molecule has 2 aromatic rings. The van der Waals surface area contributed by atoms with Gasteiger partial charge < -0.3 is 10.2 Å². The van der Waals surface area contributed by atoms with E-state index in [0.717, 1.165) is 29.4 Å². The lowest BCUT2D eigenvalue weighted by Crippen LogP contribution is -2.51. The van der Waals surface area contributed by atoms with Crippen LogP contribution >= 0.6 is 11.6 Å². The van der Waals surface area contributed by atoms with Gasteiger partial charge in [0.15, 0.2) is 0 Å². The number of sulfonamides is 1. The van der Waals surface area contributed by atoms with E-state index in [4.69, 9.17) is 11.6 Å². The molecule has 0 heterocycles. The molecule has 0 unspecified atom stereocenters. The molecule has 0 aromatic heterocycles. The fourth-order valence-electron chi connectivity index (χ4n) is 3.34. The van der Waals surface area contributed by atoms with Gasteiger partial charge in [-0.3, -0.25) is 13.9 Å². The second kappa shape index (κ2) is 12.1. The highest BCUT2D eigenvalue weighted by molar-refractivity contribution is 7.92. The molecule has 0 bridgehead atoms. The molecule has 0 aliphatic carbocycles. The summed E-state index contributed by atoms with van der Waals surface area (Å²) in [6.07, 6.45) is -4.15. The minimum Gasteiger partial charge on any atom is -0.354 e. The molecule has 0 aliphatic heterocycles. The third-order valence-corrected chi connectivity index (χ3v) is 6.84. The molecule has 2 amide bonds. The summed E-state index contributed by atoms with van der Waals surface area (Å²) in [6, 6.07) is 6.81. The molecule has 0 fully saturated rings. The van der Waals surface area contributed by atoms with E-state index in [0.29, 0.717) is 16.9 Å². The number of hydrogen-bond donors (Lipinski definition) is 1. The average molecular weight is 566 g/mol. The number of benzene rings is 2. The fraction of sp³-hybridized carbons (Fsp3) is 0.417. The highest BCUT2D eigenvalue weighted by Crippen LogP contribution is 2.37. The number of hydrogen-bond acceptors (Lipinski definition) is 4. The first-order chi connectivity index (χ1) is 17.0. The van der Waals surface area contributed by atoms with E-state index in [9.17, 15) is 35.6 Å². The molecule has 0 radical (unpaired) electrons. The Hall–Kier alpha value is -2.86. The van der Waals surface area contributed by atoms with Crippen molar-refractivity contribution in [2.75, 3.05) is 23.7 Å². The quantitative estimate of drug-likeness (QED) is 0.431. The van der Waals surface area contributed by atoms with Gasteiger partial charge in [0.25, 0.3) is 0 Å². The Morgan fingerprint density at radius 2 is 1.70 bits per heavy atom. The molecule has 2 rings (SSSR count). The van der Waals surface area contributed by atoms with Gasteiger partial charge in [0.05, 0.1) is 22.5 Å². The zero-order valence-corrected chi connectivity index (χ0v) is 22.2. The summed E-state index contributed by atoms with van der Waals surface area (Å²) in [5, 5.41) is 2.02. The lowest BCUT2D eigenvalue weighted by atomic mass is 10.1. The summed E-state index contributed by atoms with van der Waals surface area (Å²) in [5.74, 6) is -2.04. The number of nitrogens with zero attached hydrogens (tertiary/aromatic N) is 2. The molecule has 0 spiro atoms. The average Bonchev–Trinajstić information content (AvgIpc) is 2.78. The van der Waals surface area contributed by atoms with Crippen molar-refractivity contribution < 1.29 is 35.6 Å². The lowest BCUT2D eigenvalue weighted by Gasteiger charge is -2.32. The van der Waals surface area contributed by atoms with Crippen molar-refractivity contribution in [2.24, 2.45) is 5.92 Å². The van der Waals surface area contributed by atoms with Gasteiger partial charge in [0, 0.05) is 18.7 Å². The van der Waals surface area contributed by atoms with Crippen molar-refractivity contribution in [1.82, 2.24) is 10.2 Å². The van der Waals surface area contributed by atoms with E-state index >= 15 is 0 Å². The Balaban J connectivity index is 2.47. The van der Waals surface area contributed by atoms with Gasteiger partial charge in [-0.05, 0) is 37.1 Å². The Morgan fingerprint density at radius 3 is 2.24 bits per heavy atom. The lowest BCUT2D eigenvalue weighted by molar-refractivity contribution is -0.139. The predicted molar refractivity (Wildman–Crippen MR) is 133 cm³/mol. The Labute approximate surface area is 218 Å². The van der Waals surface area contributed by atoms with Gasteiger partial charge in [-0.1, -0.05) is 43.6 Å². The standard InChI is InChI=1S/C24H28ClF4N3O4S/c1-15(2)12-30-23(34)16(3)31(13-17-7-5-6-8-21(17)26)22(33)14-32(37(4,35)36)18-9-10-20(25)19(11-18)24(27,28)29/h5-11,15-16H,12-14H2,1-4H3,(H,30,34)/t16-/m1/s1. The van der Waals surface area contributed by atoms with E-state index in [1.165, 1.54) is 25.1 Å². The maximum Gasteiger partial charge on any atom is 0.417 e. The molecule has 0 saturated carbocycles. The number of amides is 2. The maximum absolute atomic E-state index is 14.4. The maximum atomic E-state index is 14.4. The molecule has 204 valence electrons. The highest BCUT2D eigenvalue weighted by Gasteiger charge is 2.35. The number of alkyl halides is 3. The van der Waals surface area contributed by atoms with Gasteiger partial charge in [-0.15, -0.1) is 0 Å². The van der Waals surface area contributed by atoms with Crippen molar-refractivity contribution >= 4 is 39.1 Å². The van der Waals surface area contributed by atoms with Crippen molar-refractivity contribution in [3.63, 3.8) is 0 Å². The number of halogens is 5. The normalized spacial score (nSPS) is 12.8. The Kier molecular flexibility index (Phi) is 9.95. The van der Waals surface area contributed by atoms with E-state index in [1.54, 1.807) is 0 Å². The van der Waals surface area contributed by atoms with Crippen LogP contribution < -0.4 is 9.62 Å². The summed E-state index contributed by atoms with van der Waals surface area (Å²) in [7, 11) is -4.27. The number of carbonyl (C=O) groups is 2. The second-order valence-electron chi connectivity index (χ2n) is 8.86. The first-order valence-corrected chi connectivity index (χ1v) is 13.4. The molecule has 1 atom stereocenters. The predicted octanol–water partition coefficient (Wildman–Crippen LogP) is 4.45. The van der Waals surface area contributed by atoms with Gasteiger partial charge in [-0.25, -0.2) is 12.8 Å². The molecule has 0 aliphatic rings. The molecule has 2 aromatic carbocycles. The molecule has 7 nitrogen and oxygen atoms in total. The van der Waals surface area contributed by atoms with Crippen molar-refractivity contribution in [3.8, 4) is 0 Å². The Morgan fingerprint density at radius 1 is 1.08 bits per heavy atom. The monoisotopic (exact) mass is 565 g/mol. The van der Waals surface area contributed by atoms with Gasteiger partial charge in [0.2, 0.25) is 21.8 Å². The summed E-state index contributed by atoms with van der Waals surface area (Å²) in [6.45, 7) is 4.09. The Bertz CT molecular complexity index is 1240. The van der Waals surface area contributed by atoms with E-state index in [-0.39, 0.29) is 18.0 Å². The first kappa shape index (κ1) is 30.4. The third kappa shape index (κ3) is 8.32. The number of carbonyl (C=O) groups excluding carboxylic acids is 2. The first-order valence-electron chi connectivity index (χ1n) is 11.2. The molecule has 13 heteroatoms. The third-order valence-electron chi connectivity index (χ3n) is 5.37. The summed E-state index contributed by atoms with van der Waals surface area (Å²) in [5.41, 5.74) is -1.66. The second-order valence-corrected chi connectivity index (χ2v) is 11.2. The SMILES string of the molecule is CC(C)CNC(=O)[C@@H](C)N(Cc1ccccc1F)C(=O)CN(c1ccc(Cl)c(C(F)(F)F)c1)S(C)(=O)=O. The summed E-state index contributed by atoms with van der Waals surface area (Å²) < 4.78 is 80.0. The van der Waals surface area contributed by atoms with Crippen LogP contribution in [0, 0.1) is 11.7 Å². The molecule has 0 saturated heterocycles. The molecule has 1 N–H and O–H groups in total. The minimum absolute atomic E-state index is 0.0658. The van der Waals surface area contributed by atoms with Gasteiger partial charge >= 0.3 is 6.18 Å². The van der Waals surface area contributed by atoms with Gasteiger partial charge in [-0.2, -0.15) is 13.2 Å². The van der Waals surface area contributed by atoms with Gasteiger partial charge in [0.1, 0.15) is 18.4 Å². The summed E-state index contributed by atoms with van der Waals surface area (Å²) >= 11 is 5.65. The van der Waals surface area contributed by atoms with Crippen LogP contribution in [0.5, 0.6) is 0 Å². The van der Waals surface area contributed by atoms with Crippen LogP contribution in [-0.4, -0.2) is 50.5 Å². The molecule has 37 heavy (non-hydrogen) atoms. The van der Waals surface area contributed by atoms with Crippen molar-refractivity contribution in [1.29, 1.82) is 0 Å². The fourth-order valence-corrected chi connectivity index (χ4v) is 4.41. The van der Waals surface area contributed by atoms with Crippen LogP contribution in [0.25, 0.3) is 0 Å². The van der Waals surface area contributed by atoms with Crippen molar-refractivity contribution in [2.45, 2.75) is 39.5 Å². The smallest absolute Gasteiger partial charge is 0.354 e. The van der Waals surface area contributed by atoms with Crippen LogP contribution in [-0.2, 0) is 32.3 Å². The van der Waals surface area contributed by atoms with Crippen molar-refractivity contribution in [3.05, 3.63) is 64.4 Å². The number of rotatable bonds is 10. The minimum atomic E-state index is -4.87. The van der Waals surface area contributed by atoms with E-state index < -0.39 is 62.7 Å². The highest BCUT2D eigenvalue weighted by atomic mass is 35.5. The van der Waals surface area contributed by atoms with E-state index in [1.807, 2.05) is 13.8 Å². The number of anilines is 1.